The van der Waals surface area contributed by atoms with Gasteiger partial charge in [-0.25, -0.2) is 13.6 Å². The minimum Gasteiger partial charge on any atom is -0.372 e. The van der Waals surface area contributed by atoms with Gasteiger partial charge in [0.1, 0.15) is 18.2 Å². The third-order valence-corrected chi connectivity index (χ3v) is 4.05. The van der Waals surface area contributed by atoms with Gasteiger partial charge in [0.05, 0.1) is 0 Å². The van der Waals surface area contributed by atoms with Crippen LogP contribution in [0.4, 0.5) is 26.7 Å². The Balaban J connectivity index is 1.62. The minimum absolute atomic E-state index is 0.0181. The Morgan fingerprint density at radius 1 is 1.07 bits per heavy atom. The summed E-state index contributed by atoms with van der Waals surface area (Å²) in [7, 11) is 0. The average Bonchev–Trinajstić information content (AvgIpc) is 2.58. The predicted molar refractivity (Wildman–Crippen MR) is 88.1 cm³/mol. The highest BCUT2D eigenvalue weighted by Gasteiger charge is 2.27. The van der Waals surface area contributed by atoms with Gasteiger partial charge in [-0.3, -0.25) is 4.90 Å². The molecule has 0 aromatic heterocycles. The zero-order valence-electron chi connectivity index (χ0n) is 14.7. The topological polar surface area (TPSA) is 44.8 Å². The first-order chi connectivity index (χ1) is 12.7. The van der Waals surface area contributed by atoms with Gasteiger partial charge in [-0.1, -0.05) is 0 Å². The summed E-state index contributed by atoms with van der Waals surface area (Å²) in [6.45, 7) is 1.53. The van der Waals surface area contributed by atoms with E-state index >= 15 is 0 Å². The Morgan fingerprint density at radius 2 is 1.70 bits per heavy atom. The minimum atomic E-state index is -4.31. The van der Waals surface area contributed by atoms with E-state index in [9.17, 15) is 26.7 Å². The van der Waals surface area contributed by atoms with Gasteiger partial charge in [-0.05, 0) is 24.1 Å². The molecular formula is C17H22F5N3O2. The lowest BCUT2D eigenvalue weighted by Crippen LogP contribution is -2.51. The van der Waals surface area contributed by atoms with Gasteiger partial charge < -0.3 is 15.0 Å². The van der Waals surface area contributed by atoms with Crippen LogP contribution in [0, 0.1) is 11.6 Å². The molecule has 1 aliphatic rings. The second-order valence-corrected chi connectivity index (χ2v) is 6.29. The number of halogens is 5. The molecule has 0 spiro atoms. The third-order valence-electron chi connectivity index (χ3n) is 4.05. The smallest absolute Gasteiger partial charge is 0.372 e. The maximum absolute atomic E-state index is 13.1. The maximum Gasteiger partial charge on any atom is 0.411 e. The monoisotopic (exact) mass is 395 g/mol. The van der Waals surface area contributed by atoms with Gasteiger partial charge in [0.15, 0.2) is 0 Å². The largest absolute Gasteiger partial charge is 0.411 e. The summed E-state index contributed by atoms with van der Waals surface area (Å²) in [5, 5.41) is 2.62. The molecule has 1 heterocycles. The lowest BCUT2D eigenvalue weighted by Gasteiger charge is -2.34. The molecule has 1 N–H and O–H groups in total. The van der Waals surface area contributed by atoms with Crippen LogP contribution in [0.25, 0.3) is 0 Å². The number of hydrogen-bond acceptors (Lipinski definition) is 3. The molecule has 0 bridgehead atoms. The molecule has 10 heteroatoms. The number of amides is 2. The molecule has 1 fully saturated rings. The van der Waals surface area contributed by atoms with Crippen molar-refractivity contribution in [1.82, 2.24) is 15.1 Å². The molecule has 2 rings (SSSR count). The van der Waals surface area contributed by atoms with E-state index in [1.165, 1.54) is 0 Å². The van der Waals surface area contributed by atoms with Crippen LogP contribution in [0.1, 0.15) is 12.0 Å². The van der Waals surface area contributed by atoms with Gasteiger partial charge in [0.25, 0.3) is 0 Å². The predicted octanol–water partition coefficient (Wildman–Crippen LogP) is 2.76. The SMILES string of the molecule is O=C(NCc1cc(F)cc(F)c1)N1CCN(CCCOCC(F)(F)F)CC1. The number of urea groups is 1. The van der Waals surface area contributed by atoms with Gasteiger partial charge in [-0.15, -0.1) is 0 Å². The van der Waals surface area contributed by atoms with Gasteiger partial charge >= 0.3 is 12.2 Å². The number of nitrogens with one attached hydrogen (secondary N) is 1. The standard InChI is InChI=1S/C17H22F5N3O2/c18-14-8-13(9-15(19)10-14)11-23-16(26)25-5-3-24(4-6-25)2-1-7-27-12-17(20,21)22/h8-10H,1-7,11-12H2,(H,23,26). The fourth-order valence-corrected chi connectivity index (χ4v) is 2.76. The van der Waals surface area contributed by atoms with Crippen LogP contribution in [0.15, 0.2) is 18.2 Å². The molecule has 0 saturated carbocycles. The van der Waals surface area contributed by atoms with Crippen LogP contribution >= 0.6 is 0 Å². The Hall–Kier alpha value is -1.94. The van der Waals surface area contributed by atoms with E-state index in [0.717, 1.165) is 18.2 Å². The van der Waals surface area contributed by atoms with E-state index < -0.39 is 24.4 Å². The molecule has 0 radical (unpaired) electrons. The van der Waals surface area contributed by atoms with Crippen molar-refractivity contribution in [3.05, 3.63) is 35.4 Å². The van der Waals surface area contributed by atoms with Crippen LogP contribution in [0.3, 0.4) is 0 Å². The summed E-state index contributed by atoms with van der Waals surface area (Å²) in [5.41, 5.74) is 0.332. The highest BCUT2D eigenvalue weighted by molar-refractivity contribution is 5.74. The highest BCUT2D eigenvalue weighted by Crippen LogP contribution is 2.14. The molecule has 0 atom stereocenters. The number of rotatable bonds is 7. The zero-order chi connectivity index (χ0) is 19.9. The van der Waals surface area contributed by atoms with E-state index in [4.69, 9.17) is 0 Å². The van der Waals surface area contributed by atoms with Gasteiger partial charge in [-0.2, -0.15) is 13.2 Å². The van der Waals surface area contributed by atoms with Crippen molar-refractivity contribution in [2.45, 2.75) is 19.1 Å². The van der Waals surface area contributed by atoms with Crippen LogP contribution in [-0.2, 0) is 11.3 Å². The summed E-state index contributed by atoms with van der Waals surface area (Å²) in [5.74, 6) is -1.40. The Kier molecular flexibility index (Phi) is 7.78. The summed E-state index contributed by atoms with van der Waals surface area (Å²) in [6.07, 6.45) is -3.83. The fraction of sp³-hybridized carbons (Fsp3) is 0.588. The molecular weight excluding hydrogens is 373 g/mol. The Bertz CT molecular complexity index is 599. The van der Waals surface area contributed by atoms with Crippen LogP contribution in [-0.4, -0.2) is 67.9 Å². The molecule has 152 valence electrons. The van der Waals surface area contributed by atoms with Crippen molar-refractivity contribution >= 4 is 6.03 Å². The fourth-order valence-electron chi connectivity index (χ4n) is 2.76. The molecule has 0 unspecified atom stereocenters. The maximum atomic E-state index is 13.1. The van der Waals surface area contributed by atoms with E-state index in [0.29, 0.717) is 44.7 Å². The van der Waals surface area contributed by atoms with Gasteiger partial charge in [0, 0.05) is 51.9 Å². The number of hydrogen-bond donors (Lipinski definition) is 1. The highest BCUT2D eigenvalue weighted by atomic mass is 19.4. The lowest BCUT2D eigenvalue weighted by molar-refractivity contribution is -0.174. The molecule has 2 amide bonds. The first kappa shape index (κ1) is 21.4. The molecule has 1 aromatic carbocycles. The molecule has 1 aliphatic heterocycles. The third kappa shape index (κ3) is 8.08. The number of alkyl halides is 3. The van der Waals surface area contributed by atoms with Crippen molar-refractivity contribution in [3.63, 3.8) is 0 Å². The van der Waals surface area contributed by atoms with E-state index in [1.54, 1.807) is 4.90 Å². The van der Waals surface area contributed by atoms with E-state index in [-0.39, 0.29) is 19.2 Å². The normalized spacial score (nSPS) is 15.8. The average molecular weight is 395 g/mol. The molecule has 1 saturated heterocycles. The number of nitrogens with zero attached hydrogens (tertiary/aromatic N) is 2. The number of carbonyl (C=O) groups excluding carboxylic acids is 1. The van der Waals surface area contributed by atoms with Crippen molar-refractivity contribution < 1.29 is 31.5 Å². The molecule has 1 aromatic rings. The first-order valence-electron chi connectivity index (χ1n) is 8.57. The zero-order valence-corrected chi connectivity index (χ0v) is 14.7. The Labute approximate surface area is 154 Å². The number of ether oxygens (including phenoxy) is 1. The second kappa shape index (κ2) is 9.84. The van der Waals surface area contributed by atoms with Crippen molar-refractivity contribution in [2.75, 3.05) is 45.9 Å². The van der Waals surface area contributed by atoms with Crippen LogP contribution < -0.4 is 5.32 Å². The van der Waals surface area contributed by atoms with E-state index in [2.05, 4.69) is 10.1 Å². The van der Waals surface area contributed by atoms with Crippen molar-refractivity contribution in [2.24, 2.45) is 0 Å². The summed E-state index contributed by atoms with van der Waals surface area (Å²) >= 11 is 0. The summed E-state index contributed by atoms with van der Waals surface area (Å²) in [6, 6.07) is 2.75. The van der Waals surface area contributed by atoms with Crippen LogP contribution in [0.2, 0.25) is 0 Å². The quantitative estimate of drug-likeness (QED) is 0.571. The number of carbonyl (C=O) groups is 1. The Morgan fingerprint density at radius 3 is 2.30 bits per heavy atom. The summed E-state index contributed by atoms with van der Waals surface area (Å²) < 4.78 is 66.7. The molecule has 5 nitrogen and oxygen atoms in total. The van der Waals surface area contributed by atoms with E-state index in [1.807, 2.05) is 4.90 Å². The number of piperazine rings is 1. The van der Waals surface area contributed by atoms with Crippen molar-refractivity contribution in [1.29, 1.82) is 0 Å². The molecule has 0 aliphatic carbocycles. The second-order valence-electron chi connectivity index (χ2n) is 6.29. The van der Waals surface area contributed by atoms with Crippen LogP contribution in [0.5, 0.6) is 0 Å². The molecule has 27 heavy (non-hydrogen) atoms. The lowest BCUT2D eigenvalue weighted by atomic mass is 10.2. The van der Waals surface area contributed by atoms with Gasteiger partial charge in [0.2, 0.25) is 0 Å². The number of benzene rings is 1. The first-order valence-corrected chi connectivity index (χ1v) is 8.57. The van der Waals surface area contributed by atoms with Crippen molar-refractivity contribution in [3.8, 4) is 0 Å². The summed E-state index contributed by atoms with van der Waals surface area (Å²) in [4.78, 5) is 15.8.